The Labute approximate surface area is 204 Å². The molecule has 2 aliphatic rings. The number of carbonyl (C=O) groups excluding carboxylic acids is 1. The smallest absolute Gasteiger partial charge is 0.282 e. The molecular formula is C26H19N3O3S2. The van der Waals surface area contributed by atoms with Crippen LogP contribution in [-0.4, -0.2) is 29.1 Å². The monoisotopic (exact) mass is 485 g/mol. The van der Waals surface area contributed by atoms with Crippen molar-refractivity contribution in [2.75, 3.05) is 17.6 Å². The minimum Gasteiger partial charge on any atom is -0.454 e. The number of amides is 1. The lowest BCUT2D eigenvalue weighted by Gasteiger charge is -2.06. The summed E-state index contributed by atoms with van der Waals surface area (Å²) in [6, 6.07) is 21.8. The summed E-state index contributed by atoms with van der Waals surface area (Å²) in [5.74, 6) is 1.76. The summed E-state index contributed by atoms with van der Waals surface area (Å²) >= 11 is 3.11. The van der Waals surface area contributed by atoms with Crippen LogP contribution in [0.15, 0.2) is 82.3 Å². The van der Waals surface area contributed by atoms with Crippen molar-refractivity contribution in [3.63, 3.8) is 0 Å². The molecule has 0 aliphatic carbocycles. The fourth-order valence-electron chi connectivity index (χ4n) is 3.75. The molecule has 34 heavy (non-hydrogen) atoms. The number of aromatic nitrogens is 1. The van der Waals surface area contributed by atoms with Gasteiger partial charge in [-0.3, -0.25) is 4.79 Å². The molecule has 0 fully saturated rings. The quantitative estimate of drug-likeness (QED) is 0.260. The number of ether oxygens (including phenoxy) is 2. The normalized spacial score (nSPS) is 16.0. The Kier molecular flexibility index (Phi) is 5.31. The number of benzene rings is 3. The van der Waals surface area contributed by atoms with Crippen LogP contribution in [0.25, 0.3) is 16.3 Å². The number of aryl methyl sites for hydroxylation is 1. The average molecular weight is 486 g/mol. The molecule has 0 saturated carbocycles. The molecule has 0 N–H and O–H groups in total. The number of para-hydroxylation sites is 1. The van der Waals surface area contributed by atoms with Gasteiger partial charge in [0.1, 0.15) is 0 Å². The number of hydrogen-bond acceptors (Lipinski definition) is 7. The number of rotatable bonds is 5. The van der Waals surface area contributed by atoms with Gasteiger partial charge in [-0.2, -0.15) is 10.1 Å². The van der Waals surface area contributed by atoms with Crippen LogP contribution in [0.4, 0.5) is 5.13 Å². The highest BCUT2D eigenvalue weighted by molar-refractivity contribution is 8.00. The average Bonchev–Trinajstić information content (AvgIpc) is 3.56. The molecule has 8 heteroatoms. The number of thioether (sulfide) groups is 1. The largest absolute Gasteiger partial charge is 0.454 e. The number of anilines is 1. The van der Waals surface area contributed by atoms with Crippen LogP contribution in [0.2, 0.25) is 0 Å². The van der Waals surface area contributed by atoms with Gasteiger partial charge in [0.2, 0.25) is 11.9 Å². The van der Waals surface area contributed by atoms with Crippen LogP contribution in [0, 0.1) is 6.92 Å². The molecule has 1 aromatic heterocycles. The van der Waals surface area contributed by atoms with E-state index in [1.54, 1.807) is 11.8 Å². The van der Waals surface area contributed by atoms with Crippen molar-refractivity contribution in [3.05, 3.63) is 83.4 Å². The first-order valence-corrected chi connectivity index (χ1v) is 12.5. The second-order valence-electron chi connectivity index (χ2n) is 7.90. The maximum Gasteiger partial charge on any atom is 0.282 e. The zero-order valence-corrected chi connectivity index (χ0v) is 19.9. The number of carbonyl (C=O) groups is 1. The van der Waals surface area contributed by atoms with Crippen LogP contribution in [-0.2, 0) is 4.79 Å². The predicted molar refractivity (Wildman–Crippen MR) is 137 cm³/mol. The Balaban J connectivity index is 1.35. The Morgan fingerprint density at radius 1 is 1.06 bits per heavy atom. The first-order chi connectivity index (χ1) is 16.6. The molecule has 2 aliphatic heterocycles. The van der Waals surface area contributed by atoms with Crippen LogP contribution in [0.3, 0.4) is 0 Å². The van der Waals surface area contributed by atoms with E-state index in [1.807, 2.05) is 48.5 Å². The van der Waals surface area contributed by atoms with Gasteiger partial charge in [0, 0.05) is 10.6 Å². The number of fused-ring (bicyclic) bond motifs is 2. The van der Waals surface area contributed by atoms with Gasteiger partial charge in [-0.1, -0.05) is 47.2 Å². The van der Waals surface area contributed by atoms with Crippen molar-refractivity contribution in [1.29, 1.82) is 0 Å². The third-order valence-corrected chi connectivity index (χ3v) is 7.56. The number of thiazole rings is 1. The summed E-state index contributed by atoms with van der Waals surface area (Å²) in [4.78, 5) is 19.3. The van der Waals surface area contributed by atoms with Crippen LogP contribution in [0.5, 0.6) is 11.5 Å². The van der Waals surface area contributed by atoms with Crippen LogP contribution >= 0.6 is 23.1 Å². The van der Waals surface area contributed by atoms with Crippen molar-refractivity contribution >= 4 is 56.1 Å². The minimum absolute atomic E-state index is 0.184. The summed E-state index contributed by atoms with van der Waals surface area (Å²) in [6.07, 6.45) is 1.87. The summed E-state index contributed by atoms with van der Waals surface area (Å²) in [5, 5.41) is 6.71. The van der Waals surface area contributed by atoms with Gasteiger partial charge in [-0.05, 0) is 55.0 Å². The summed E-state index contributed by atoms with van der Waals surface area (Å²) in [7, 11) is 0. The summed E-state index contributed by atoms with van der Waals surface area (Å²) < 4.78 is 11.9. The van der Waals surface area contributed by atoms with Gasteiger partial charge in [0.05, 0.1) is 21.5 Å². The molecule has 168 valence electrons. The minimum atomic E-state index is -0.184. The molecule has 0 radical (unpaired) electrons. The Hall–Kier alpha value is -3.62. The fourth-order valence-corrected chi connectivity index (χ4v) is 5.51. The van der Waals surface area contributed by atoms with E-state index in [4.69, 9.17) is 14.6 Å². The topological polar surface area (TPSA) is 64.0 Å². The highest BCUT2D eigenvalue weighted by atomic mass is 32.2. The van der Waals surface area contributed by atoms with E-state index in [1.165, 1.54) is 21.9 Å². The SMILES string of the molecule is Cc1ccc(SCC2=NN(c3nc4ccccc4s3)C(=O)/C2=C/c2ccc3c(c2)OCO3)cc1. The molecule has 3 aromatic carbocycles. The number of nitrogens with zero attached hydrogens (tertiary/aromatic N) is 3. The molecule has 0 bridgehead atoms. The third kappa shape index (κ3) is 3.95. The number of hydrazone groups is 1. The lowest BCUT2D eigenvalue weighted by molar-refractivity contribution is -0.114. The van der Waals surface area contributed by atoms with Crippen LogP contribution < -0.4 is 14.5 Å². The third-order valence-electron chi connectivity index (χ3n) is 5.52. The first-order valence-electron chi connectivity index (χ1n) is 10.7. The van der Waals surface area contributed by atoms with E-state index in [0.29, 0.717) is 33.7 Å². The van der Waals surface area contributed by atoms with Gasteiger partial charge >= 0.3 is 0 Å². The molecule has 3 heterocycles. The van der Waals surface area contributed by atoms with Gasteiger partial charge in [0.25, 0.3) is 5.91 Å². The second-order valence-corrected chi connectivity index (χ2v) is 9.96. The second kappa shape index (κ2) is 8.62. The van der Waals surface area contributed by atoms with Gasteiger partial charge in [-0.25, -0.2) is 4.98 Å². The predicted octanol–water partition coefficient (Wildman–Crippen LogP) is 5.91. The highest BCUT2D eigenvalue weighted by Gasteiger charge is 2.33. The van der Waals surface area contributed by atoms with Crippen molar-refractivity contribution in [2.24, 2.45) is 5.10 Å². The molecule has 0 saturated heterocycles. The Bertz CT molecular complexity index is 1440. The number of hydrogen-bond donors (Lipinski definition) is 0. The zero-order valence-electron chi connectivity index (χ0n) is 18.2. The Morgan fingerprint density at radius 2 is 1.88 bits per heavy atom. The maximum absolute atomic E-state index is 13.5. The van der Waals surface area contributed by atoms with Gasteiger partial charge < -0.3 is 9.47 Å². The molecule has 0 atom stereocenters. The van der Waals surface area contributed by atoms with Gasteiger partial charge in [0.15, 0.2) is 11.5 Å². The van der Waals surface area contributed by atoms with Crippen LogP contribution in [0.1, 0.15) is 11.1 Å². The zero-order chi connectivity index (χ0) is 23.1. The highest BCUT2D eigenvalue weighted by Crippen LogP contribution is 2.36. The molecule has 1 amide bonds. The summed E-state index contributed by atoms with van der Waals surface area (Å²) in [6.45, 7) is 2.27. The van der Waals surface area contributed by atoms with E-state index < -0.39 is 0 Å². The molecule has 0 unspecified atom stereocenters. The van der Waals surface area contributed by atoms with E-state index >= 15 is 0 Å². The lowest BCUT2D eigenvalue weighted by Crippen LogP contribution is -2.21. The molecular weight excluding hydrogens is 466 g/mol. The van der Waals surface area contributed by atoms with Gasteiger partial charge in [-0.15, -0.1) is 11.8 Å². The van der Waals surface area contributed by atoms with E-state index in [9.17, 15) is 4.79 Å². The van der Waals surface area contributed by atoms with E-state index in [-0.39, 0.29) is 12.7 Å². The molecule has 0 spiro atoms. The maximum atomic E-state index is 13.5. The molecule has 6 rings (SSSR count). The standard InChI is InChI=1S/C26H19N3O3S2/c1-16-6-9-18(10-7-16)33-14-21-19(12-17-8-11-22-23(13-17)32-15-31-22)25(30)29(28-21)26-27-20-4-2-3-5-24(20)34-26/h2-13H,14-15H2,1H3/b19-12+. The molecule has 4 aromatic rings. The van der Waals surface area contributed by atoms with Crippen molar-refractivity contribution in [3.8, 4) is 11.5 Å². The lowest BCUT2D eigenvalue weighted by atomic mass is 10.1. The summed E-state index contributed by atoms with van der Waals surface area (Å²) in [5.41, 5.74) is 4.19. The van der Waals surface area contributed by atoms with Crippen molar-refractivity contribution in [1.82, 2.24) is 4.98 Å². The Morgan fingerprint density at radius 3 is 2.74 bits per heavy atom. The van der Waals surface area contributed by atoms with E-state index in [0.717, 1.165) is 20.7 Å². The van der Waals surface area contributed by atoms with Crippen molar-refractivity contribution in [2.45, 2.75) is 11.8 Å². The van der Waals surface area contributed by atoms with E-state index in [2.05, 4.69) is 36.2 Å². The fraction of sp³-hybridized carbons (Fsp3) is 0.115. The van der Waals surface area contributed by atoms with Crippen molar-refractivity contribution < 1.29 is 14.3 Å². The first kappa shape index (κ1) is 20.9. The molecule has 6 nitrogen and oxygen atoms in total.